The van der Waals surface area contributed by atoms with E-state index >= 15 is 0 Å². The molecule has 8 heteroatoms. The fraction of sp³-hybridized carbons (Fsp3) is 0.261. The lowest BCUT2D eigenvalue weighted by Gasteiger charge is -2.34. The van der Waals surface area contributed by atoms with Crippen LogP contribution in [0.4, 0.5) is 11.4 Å². The van der Waals surface area contributed by atoms with E-state index in [1.165, 1.54) is 11.3 Å². The van der Waals surface area contributed by atoms with E-state index in [1.807, 2.05) is 42.5 Å². The molecule has 0 saturated carbocycles. The highest BCUT2D eigenvalue weighted by Gasteiger charge is 2.21. The van der Waals surface area contributed by atoms with Gasteiger partial charge in [-0.25, -0.2) is 9.67 Å². The van der Waals surface area contributed by atoms with Crippen molar-refractivity contribution in [3.63, 3.8) is 0 Å². The maximum absolute atomic E-state index is 13.0. The molecule has 3 heterocycles. The van der Waals surface area contributed by atoms with Crippen LogP contribution in [0.15, 0.2) is 60.1 Å². The minimum Gasteiger partial charge on any atom is -0.370 e. The van der Waals surface area contributed by atoms with Gasteiger partial charge in [-0.15, -0.1) is 11.3 Å². The Bertz CT molecular complexity index is 1210. The van der Waals surface area contributed by atoms with Crippen molar-refractivity contribution in [2.45, 2.75) is 12.8 Å². The lowest BCUT2D eigenvalue weighted by atomic mass is 9.96. The molecule has 0 spiro atoms. The van der Waals surface area contributed by atoms with Gasteiger partial charge in [0.1, 0.15) is 5.69 Å². The van der Waals surface area contributed by atoms with E-state index in [2.05, 4.69) is 26.4 Å². The first-order chi connectivity index (χ1) is 15.2. The van der Waals surface area contributed by atoms with Crippen LogP contribution in [0, 0.1) is 5.92 Å². The van der Waals surface area contributed by atoms with Crippen LogP contribution in [-0.2, 0) is 0 Å². The minimum atomic E-state index is -0.219. The molecule has 3 N–H and O–H groups in total. The molecule has 5 rings (SSSR count). The standard InChI is InChI=1S/C23H24N6OS/c24-13-16-9-11-28(12-10-16)21-8-4-2-6-18(21)26-22(30)19-15-31-23(27-19)29-20-7-3-1-5-17(20)14-25-29/h1-8,14-16H,9-13,24H2,(H,26,30). The third-order valence-electron chi connectivity index (χ3n) is 5.82. The zero-order valence-corrected chi connectivity index (χ0v) is 17.9. The van der Waals surface area contributed by atoms with Crippen LogP contribution >= 0.6 is 11.3 Å². The van der Waals surface area contributed by atoms with Gasteiger partial charge >= 0.3 is 0 Å². The van der Waals surface area contributed by atoms with Gasteiger partial charge in [0.15, 0.2) is 0 Å². The largest absolute Gasteiger partial charge is 0.370 e. The second kappa shape index (κ2) is 8.49. The van der Waals surface area contributed by atoms with Gasteiger partial charge in [-0.05, 0) is 43.5 Å². The van der Waals surface area contributed by atoms with E-state index in [1.54, 1.807) is 16.3 Å². The summed E-state index contributed by atoms with van der Waals surface area (Å²) in [6.07, 6.45) is 3.96. The molecule has 1 aliphatic rings. The first-order valence-electron chi connectivity index (χ1n) is 10.5. The molecule has 0 aliphatic carbocycles. The number of anilines is 2. The second-order valence-electron chi connectivity index (χ2n) is 7.77. The van der Waals surface area contributed by atoms with Crippen LogP contribution in [0.25, 0.3) is 16.0 Å². The number of fused-ring (bicyclic) bond motifs is 1. The molecule has 2 aromatic carbocycles. The summed E-state index contributed by atoms with van der Waals surface area (Å²) in [7, 11) is 0. The van der Waals surface area contributed by atoms with Gasteiger partial charge in [-0.2, -0.15) is 5.10 Å². The molecule has 7 nitrogen and oxygen atoms in total. The average Bonchev–Trinajstić information content (AvgIpc) is 3.47. The van der Waals surface area contributed by atoms with Crippen LogP contribution in [0.3, 0.4) is 0 Å². The number of benzene rings is 2. The van der Waals surface area contributed by atoms with Gasteiger partial charge in [0.05, 0.1) is 23.1 Å². The predicted molar refractivity (Wildman–Crippen MR) is 125 cm³/mol. The molecule has 31 heavy (non-hydrogen) atoms. The van der Waals surface area contributed by atoms with Gasteiger partial charge in [0.25, 0.3) is 5.91 Å². The summed E-state index contributed by atoms with van der Waals surface area (Å²) >= 11 is 1.40. The van der Waals surface area contributed by atoms with Crippen molar-refractivity contribution in [3.8, 4) is 5.13 Å². The molecule has 158 valence electrons. The first kappa shape index (κ1) is 19.7. The SMILES string of the molecule is NCC1CCN(c2ccccc2NC(=O)c2csc(-n3ncc4ccccc43)n2)CC1. The molecule has 2 aromatic heterocycles. The number of aromatic nitrogens is 3. The molecule has 4 aromatic rings. The Hall–Kier alpha value is -3.23. The van der Waals surface area contributed by atoms with E-state index in [0.29, 0.717) is 16.7 Å². The summed E-state index contributed by atoms with van der Waals surface area (Å²) in [5.41, 5.74) is 9.03. The number of nitrogens with zero attached hydrogens (tertiary/aromatic N) is 4. The maximum Gasteiger partial charge on any atom is 0.275 e. The number of carbonyl (C=O) groups is 1. The third kappa shape index (κ3) is 3.92. The molecule has 1 amide bonds. The number of carbonyl (C=O) groups excluding carboxylic acids is 1. The highest BCUT2D eigenvalue weighted by molar-refractivity contribution is 7.12. The molecule has 0 radical (unpaired) electrons. The van der Waals surface area contributed by atoms with Gasteiger partial charge in [-0.1, -0.05) is 30.3 Å². The van der Waals surface area contributed by atoms with Gasteiger partial charge in [-0.3, -0.25) is 4.79 Å². The Morgan fingerprint density at radius 1 is 1.13 bits per heavy atom. The topological polar surface area (TPSA) is 89.1 Å². The quantitative estimate of drug-likeness (QED) is 0.499. The summed E-state index contributed by atoms with van der Waals surface area (Å²) in [4.78, 5) is 19.8. The first-order valence-corrected chi connectivity index (χ1v) is 11.3. The van der Waals surface area contributed by atoms with E-state index in [-0.39, 0.29) is 5.91 Å². The van der Waals surface area contributed by atoms with Crippen molar-refractivity contribution in [2.24, 2.45) is 11.7 Å². The normalized spacial score (nSPS) is 14.8. The number of nitrogens with two attached hydrogens (primary N) is 1. The lowest BCUT2D eigenvalue weighted by Crippen LogP contribution is -2.36. The van der Waals surface area contributed by atoms with Gasteiger partial charge in [0, 0.05) is 23.9 Å². The Morgan fingerprint density at radius 2 is 1.90 bits per heavy atom. The Balaban J connectivity index is 1.35. The van der Waals surface area contributed by atoms with Crippen LogP contribution in [-0.4, -0.2) is 40.3 Å². The Morgan fingerprint density at radius 3 is 2.74 bits per heavy atom. The van der Waals surface area contributed by atoms with E-state index in [0.717, 1.165) is 54.8 Å². The average molecular weight is 433 g/mol. The molecule has 1 fully saturated rings. The van der Waals surface area contributed by atoms with Crippen molar-refractivity contribution in [3.05, 3.63) is 65.8 Å². The second-order valence-corrected chi connectivity index (χ2v) is 8.60. The molecule has 0 atom stereocenters. The molecular formula is C23H24N6OS. The summed E-state index contributed by atoms with van der Waals surface area (Å²) in [6.45, 7) is 2.63. The number of nitrogens with one attached hydrogen (secondary N) is 1. The smallest absolute Gasteiger partial charge is 0.275 e. The highest BCUT2D eigenvalue weighted by atomic mass is 32.1. The lowest BCUT2D eigenvalue weighted by molar-refractivity contribution is 0.102. The predicted octanol–water partition coefficient (Wildman–Crippen LogP) is 3.91. The monoisotopic (exact) mass is 432 g/mol. The van der Waals surface area contributed by atoms with Crippen LogP contribution in [0.5, 0.6) is 0 Å². The fourth-order valence-electron chi connectivity index (χ4n) is 4.04. The minimum absolute atomic E-state index is 0.219. The van der Waals surface area contributed by atoms with Crippen molar-refractivity contribution < 1.29 is 4.79 Å². The summed E-state index contributed by atoms with van der Waals surface area (Å²) in [5.74, 6) is 0.369. The number of hydrogen-bond acceptors (Lipinski definition) is 6. The van der Waals surface area contributed by atoms with E-state index in [9.17, 15) is 4.79 Å². The van der Waals surface area contributed by atoms with E-state index in [4.69, 9.17) is 5.73 Å². The van der Waals surface area contributed by atoms with Crippen molar-refractivity contribution in [1.82, 2.24) is 14.8 Å². The van der Waals surface area contributed by atoms with Gasteiger partial charge in [0.2, 0.25) is 5.13 Å². The van der Waals surface area contributed by atoms with Crippen molar-refractivity contribution in [2.75, 3.05) is 29.9 Å². The number of amides is 1. The van der Waals surface area contributed by atoms with Crippen LogP contribution in [0.1, 0.15) is 23.3 Å². The fourth-order valence-corrected chi connectivity index (χ4v) is 4.81. The van der Waals surface area contributed by atoms with Crippen molar-refractivity contribution in [1.29, 1.82) is 0 Å². The highest BCUT2D eigenvalue weighted by Crippen LogP contribution is 2.30. The maximum atomic E-state index is 13.0. The van der Waals surface area contributed by atoms with E-state index < -0.39 is 0 Å². The third-order valence-corrected chi connectivity index (χ3v) is 6.64. The van der Waals surface area contributed by atoms with Crippen LogP contribution < -0.4 is 16.0 Å². The molecule has 1 aliphatic heterocycles. The summed E-state index contributed by atoms with van der Waals surface area (Å²) in [5, 5.41) is 11.0. The number of para-hydroxylation sites is 3. The number of rotatable bonds is 5. The summed E-state index contributed by atoms with van der Waals surface area (Å²) in [6, 6.07) is 15.9. The molecular weight excluding hydrogens is 408 g/mol. The Kier molecular flexibility index (Phi) is 5.40. The number of piperidine rings is 1. The summed E-state index contributed by atoms with van der Waals surface area (Å²) < 4.78 is 1.77. The van der Waals surface area contributed by atoms with Gasteiger partial charge < -0.3 is 16.0 Å². The zero-order valence-electron chi connectivity index (χ0n) is 17.1. The Labute approximate surface area is 184 Å². The zero-order chi connectivity index (χ0) is 21.2. The molecule has 0 unspecified atom stereocenters. The molecule has 0 bridgehead atoms. The molecule has 1 saturated heterocycles. The van der Waals surface area contributed by atoms with Crippen LogP contribution in [0.2, 0.25) is 0 Å². The number of hydrogen-bond donors (Lipinski definition) is 2. The van der Waals surface area contributed by atoms with Crippen molar-refractivity contribution >= 4 is 39.5 Å². The number of thiazole rings is 1.